The number of hydrogen-bond acceptors (Lipinski definition) is 5. The van der Waals surface area contributed by atoms with Crippen molar-refractivity contribution in [3.05, 3.63) is 87.9 Å². The minimum Gasteiger partial charge on any atom is -0.470 e. The zero-order valence-electron chi connectivity index (χ0n) is 17.0. The molecule has 12 heteroatoms. The van der Waals surface area contributed by atoms with Crippen LogP contribution in [0, 0.1) is 0 Å². The van der Waals surface area contributed by atoms with Crippen molar-refractivity contribution >= 4 is 50.1 Å². The number of halogens is 5. The van der Waals surface area contributed by atoms with Gasteiger partial charge in [0, 0.05) is 0 Å². The largest absolute Gasteiger partial charge is 0.470 e. The number of alkyl halides is 3. The Kier molecular flexibility index (Phi) is 6.57. The lowest BCUT2D eigenvalue weighted by molar-refractivity contribution is -0.137. The molecule has 0 fully saturated rings. The molecular weight excluding hydrogens is 514 g/mol. The van der Waals surface area contributed by atoms with E-state index in [0.717, 1.165) is 12.1 Å². The molecule has 0 unspecified atom stereocenters. The van der Waals surface area contributed by atoms with Gasteiger partial charge in [-0.25, -0.2) is 18.4 Å². The van der Waals surface area contributed by atoms with Gasteiger partial charge >= 0.3 is 6.18 Å². The predicted molar refractivity (Wildman–Crippen MR) is 123 cm³/mol. The Bertz CT molecular complexity index is 1460. The molecule has 0 radical (unpaired) electrons. The van der Waals surface area contributed by atoms with Crippen LogP contribution < -0.4 is 9.46 Å². The minimum absolute atomic E-state index is 0.0490. The highest BCUT2D eigenvalue weighted by atomic mass is 35.5. The number of benzene rings is 3. The number of ether oxygens (including phenoxy) is 1. The number of rotatable bonds is 6. The highest BCUT2D eigenvalue weighted by Crippen LogP contribution is 2.33. The van der Waals surface area contributed by atoms with Gasteiger partial charge in [-0.15, -0.1) is 0 Å². The van der Waals surface area contributed by atoms with Crippen molar-refractivity contribution in [2.75, 3.05) is 4.72 Å². The number of hydrogen-bond donors (Lipinski definition) is 1. The van der Waals surface area contributed by atoms with Crippen LogP contribution in [0.1, 0.15) is 11.1 Å². The van der Waals surface area contributed by atoms with Crippen LogP contribution in [0.25, 0.3) is 11.0 Å². The first-order valence-corrected chi connectivity index (χ1v) is 11.8. The van der Waals surface area contributed by atoms with Gasteiger partial charge in [0.2, 0.25) is 5.82 Å². The van der Waals surface area contributed by atoms with E-state index in [1.165, 1.54) is 30.3 Å². The molecule has 6 nitrogen and oxygen atoms in total. The maximum Gasteiger partial charge on any atom is 0.416 e. The van der Waals surface area contributed by atoms with Crippen molar-refractivity contribution in [2.24, 2.45) is 0 Å². The molecule has 1 heterocycles. The van der Waals surface area contributed by atoms with Gasteiger partial charge in [0.15, 0.2) is 0 Å². The van der Waals surface area contributed by atoms with Crippen molar-refractivity contribution in [3.8, 4) is 5.88 Å². The van der Waals surface area contributed by atoms with Gasteiger partial charge in [0.25, 0.3) is 15.9 Å². The van der Waals surface area contributed by atoms with Gasteiger partial charge < -0.3 is 4.74 Å². The molecule has 0 atom stereocenters. The SMILES string of the molecule is O=S(=O)(Nc1nc2ccccc2nc1OCc1ccc(C(F)(F)F)cc1)c1cccc(Cl)c1Cl. The second kappa shape index (κ2) is 9.28. The first-order valence-electron chi connectivity index (χ1n) is 9.57. The molecule has 0 aliphatic heterocycles. The number of nitrogens with zero attached hydrogens (tertiary/aromatic N) is 2. The van der Waals surface area contributed by atoms with Crippen LogP contribution in [0.2, 0.25) is 10.0 Å². The summed E-state index contributed by atoms with van der Waals surface area (Å²) in [6.07, 6.45) is -4.46. The second-order valence-electron chi connectivity index (χ2n) is 7.01. The number of sulfonamides is 1. The lowest BCUT2D eigenvalue weighted by atomic mass is 10.1. The zero-order valence-corrected chi connectivity index (χ0v) is 19.3. The van der Waals surface area contributed by atoms with Gasteiger partial charge in [0.05, 0.1) is 26.6 Å². The number of aromatic nitrogens is 2. The number of anilines is 1. The molecule has 0 aliphatic rings. The van der Waals surface area contributed by atoms with E-state index < -0.39 is 21.8 Å². The summed E-state index contributed by atoms with van der Waals surface area (Å²) in [5.41, 5.74) is 0.427. The Labute approximate surface area is 202 Å². The fourth-order valence-electron chi connectivity index (χ4n) is 2.97. The second-order valence-corrected chi connectivity index (χ2v) is 9.44. The lowest BCUT2D eigenvalue weighted by Gasteiger charge is -2.14. The Morgan fingerprint density at radius 2 is 1.53 bits per heavy atom. The van der Waals surface area contributed by atoms with Crippen molar-refractivity contribution in [3.63, 3.8) is 0 Å². The van der Waals surface area contributed by atoms with Gasteiger partial charge in [-0.05, 0) is 42.0 Å². The smallest absolute Gasteiger partial charge is 0.416 e. The monoisotopic (exact) mass is 527 g/mol. The number of nitrogens with one attached hydrogen (secondary N) is 1. The fraction of sp³-hybridized carbons (Fsp3) is 0.0909. The molecule has 0 saturated carbocycles. The third kappa shape index (κ3) is 5.19. The molecule has 3 aromatic carbocycles. The third-order valence-corrected chi connectivity index (χ3v) is 6.94. The van der Waals surface area contributed by atoms with Gasteiger partial charge in [-0.2, -0.15) is 13.2 Å². The van der Waals surface area contributed by atoms with Crippen LogP contribution >= 0.6 is 23.2 Å². The van der Waals surface area contributed by atoms with Crippen molar-refractivity contribution in [2.45, 2.75) is 17.7 Å². The Hall–Kier alpha value is -3.08. The predicted octanol–water partition coefficient (Wildman–Crippen LogP) is 6.34. The van der Waals surface area contributed by atoms with Crippen LogP contribution in [0.3, 0.4) is 0 Å². The molecule has 0 amide bonds. The Balaban J connectivity index is 1.67. The average molecular weight is 528 g/mol. The molecular formula is C22H14Cl2F3N3O3S. The number of para-hydroxylation sites is 2. The molecule has 0 aliphatic carbocycles. The fourth-order valence-corrected chi connectivity index (χ4v) is 4.73. The van der Waals surface area contributed by atoms with E-state index in [2.05, 4.69) is 14.7 Å². The third-order valence-electron chi connectivity index (χ3n) is 4.63. The Morgan fingerprint density at radius 3 is 2.18 bits per heavy atom. The zero-order chi connectivity index (χ0) is 24.5. The highest BCUT2D eigenvalue weighted by Gasteiger charge is 2.30. The van der Waals surface area contributed by atoms with Crippen molar-refractivity contribution in [1.82, 2.24) is 9.97 Å². The molecule has 34 heavy (non-hydrogen) atoms. The van der Waals surface area contributed by atoms with Gasteiger partial charge in [-0.1, -0.05) is 53.5 Å². The molecule has 1 aromatic heterocycles. The van der Waals surface area contributed by atoms with Crippen molar-refractivity contribution < 1.29 is 26.3 Å². The molecule has 176 valence electrons. The van der Waals surface area contributed by atoms with Crippen LogP contribution in [0.4, 0.5) is 19.0 Å². The summed E-state index contributed by atoms with van der Waals surface area (Å²) in [6.45, 7) is -0.183. The topological polar surface area (TPSA) is 81.2 Å². The summed E-state index contributed by atoms with van der Waals surface area (Å²) in [5, 5.41) is -0.120. The summed E-state index contributed by atoms with van der Waals surface area (Å²) in [4.78, 5) is 8.34. The Morgan fingerprint density at radius 1 is 0.882 bits per heavy atom. The van der Waals surface area contributed by atoms with E-state index in [0.29, 0.717) is 16.6 Å². The van der Waals surface area contributed by atoms with E-state index in [9.17, 15) is 21.6 Å². The quantitative estimate of drug-likeness (QED) is 0.316. The standard InChI is InChI=1S/C22H14Cl2F3N3O3S/c23-15-4-3-7-18(19(15)24)34(31,32)30-20-21(29-17-6-2-1-5-16(17)28-20)33-12-13-8-10-14(11-9-13)22(25,26)27/h1-11H,12H2,(H,28,30). The molecule has 0 saturated heterocycles. The lowest BCUT2D eigenvalue weighted by Crippen LogP contribution is -2.16. The summed E-state index contributed by atoms with van der Waals surface area (Å²) in [6, 6.07) is 15.2. The first kappa shape index (κ1) is 24.1. The van der Waals surface area contributed by atoms with Crippen molar-refractivity contribution in [1.29, 1.82) is 0 Å². The molecule has 1 N–H and O–H groups in total. The van der Waals surface area contributed by atoms with Crippen LogP contribution in [0.15, 0.2) is 71.6 Å². The van der Waals surface area contributed by atoms with E-state index in [1.54, 1.807) is 24.3 Å². The molecule has 4 aromatic rings. The van der Waals surface area contributed by atoms with E-state index in [4.69, 9.17) is 27.9 Å². The molecule has 0 spiro atoms. The highest BCUT2D eigenvalue weighted by molar-refractivity contribution is 7.92. The van der Waals surface area contributed by atoms with Crippen LogP contribution in [-0.2, 0) is 22.8 Å². The minimum atomic E-state index is -4.46. The van der Waals surface area contributed by atoms with E-state index in [-0.39, 0.29) is 33.2 Å². The maximum atomic E-state index is 13.0. The first-order chi connectivity index (χ1) is 16.0. The normalized spacial score (nSPS) is 12.0. The summed E-state index contributed by atoms with van der Waals surface area (Å²) in [7, 11) is -4.24. The average Bonchev–Trinajstić information content (AvgIpc) is 2.78. The summed E-state index contributed by atoms with van der Waals surface area (Å²) in [5.74, 6) is -0.387. The summed E-state index contributed by atoms with van der Waals surface area (Å²) < 4.78 is 72.3. The summed E-state index contributed by atoms with van der Waals surface area (Å²) >= 11 is 12.0. The molecule has 4 rings (SSSR count). The molecule has 0 bridgehead atoms. The van der Waals surface area contributed by atoms with Gasteiger partial charge in [-0.3, -0.25) is 4.72 Å². The van der Waals surface area contributed by atoms with E-state index in [1.807, 2.05) is 0 Å². The van der Waals surface area contributed by atoms with Crippen LogP contribution in [0.5, 0.6) is 5.88 Å². The maximum absolute atomic E-state index is 13.0. The van der Waals surface area contributed by atoms with Gasteiger partial charge in [0.1, 0.15) is 11.5 Å². The number of fused-ring (bicyclic) bond motifs is 1. The van der Waals surface area contributed by atoms with Crippen LogP contribution in [-0.4, -0.2) is 18.4 Å². The van der Waals surface area contributed by atoms with E-state index >= 15 is 0 Å².